The zero-order chi connectivity index (χ0) is 28.3. The van der Waals surface area contributed by atoms with Crippen molar-refractivity contribution in [1.29, 1.82) is 0 Å². The van der Waals surface area contributed by atoms with E-state index in [2.05, 4.69) is 158 Å². The molecule has 0 saturated heterocycles. The van der Waals surface area contributed by atoms with Gasteiger partial charge in [-0.3, -0.25) is 0 Å². The maximum atomic E-state index is 6.29. The third kappa shape index (κ3) is 3.86. The molecule has 0 fully saturated rings. The van der Waals surface area contributed by atoms with E-state index in [1.807, 2.05) is 0 Å². The molecule has 0 spiro atoms. The summed E-state index contributed by atoms with van der Waals surface area (Å²) in [6.07, 6.45) is 8.74. The molecule has 1 nitrogen and oxygen atoms in total. The number of fused-ring (bicyclic) bond motifs is 6. The van der Waals surface area contributed by atoms with Crippen LogP contribution in [-0.4, -0.2) is 6.10 Å². The molecule has 0 saturated carbocycles. The Labute approximate surface area is 251 Å². The summed E-state index contributed by atoms with van der Waals surface area (Å²) in [5.74, 6) is 1.25. The van der Waals surface area contributed by atoms with Crippen molar-refractivity contribution in [3.63, 3.8) is 0 Å². The van der Waals surface area contributed by atoms with Gasteiger partial charge in [0, 0.05) is 11.5 Å². The van der Waals surface area contributed by atoms with Gasteiger partial charge in [0.05, 0.1) is 0 Å². The highest BCUT2D eigenvalue weighted by Crippen LogP contribution is 2.47. The van der Waals surface area contributed by atoms with Gasteiger partial charge in [-0.1, -0.05) is 127 Å². The highest BCUT2D eigenvalue weighted by Gasteiger charge is 2.32. The topological polar surface area (TPSA) is 9.23 Å². The first kappa shape index (κ1) is 24.2. The first-order valence-electron chi connectivity index (χ1n) is 15.0. The van der Waals surface area contributed by atoms with Gasteiger partial charge in [-0.25, -0.2) is 0 Å². The number of allylic oxidation sites excluding steroid dienone is 2. The van der Waals surface area contributed by atoms with Gasteiger partial charge in [0.2, 0.25) is 0 Å². The van der Waals surface area contributed by atoms with Gasteiger partial charge in [-0.2, -0.15) is 0 Å². The lowest BCUT2D eigenvalue weighted by molar-refractivity contribution is 0.269. The van der Waals surface area contributed by atoms with Crippen LogP contribution < -0.4 is 4.74 Å². The summed E-state index contributed by atoms with van der Waals surface area (Å²) in [4.78, 5) is 0. The van der Waals surface area contributed by atoms with Crippen LogP contribution >= 0.6 is 0 Å². The van der Waals surface area contributed by atoms with Crippen molar-refractivity contribution >= 4 is 32.3 Å². The first-order chi connectivity index (χ1) is 21.3. The van der Waals surface area contributed by atoms with Gasteiger partial charge in [0.1, 0.15) is 11.9 Å². The SMILES string of the molecule is C1=CC2Oc3ccc(-c4c5ccccc5c(-c5cccc(-c6ccc7ccccc7c6)c5)c5ccccc45)cc3[C@@H]2C=C1. The third-order valence-electron chi connectivity index (χ3n) is 9.17. The molecule has 0 aromatic heterocycles. The minimum atomic E-state index is 0.0843. The number of benzene rings is 7. The maximum Gasteiger partial charge on any atom is 0.128 e. The van der Waals surface area contributed by atoms with Crippen LogP contribution in [0.2, 0.25) is 0 Å². The van der Waals surface area contributed by atoms with Crippen LogP contribution in [0, 0.1) is 0 Å². The Morgan fingerprint density at radius 1 is 0.419 bits per heavy atom. The lowest BCUT2D eigenvalue weighted by atomic mass is 9.84. The standard InChI is InChI=1S/C42H28O/c1-2-11-28-24-30(21-20-27(28)10-1)29-12-9-13-31(25-29)41-34-15-3-5-17-36(34)42(37-18-6-4-16-35(37)41)32-22-23-40-38(26-32)33-14-7-8-19-39(33)43-40/h1-26,33,39H/t33-,39?/m0/s1. The summed E-state index contributed by atoms with van der Waals surface area (Å²) in [5, 5.41) is 7.59. The van der Waals surface area contributed by atoms with Crippen LogP contribution in [0.1, 0.15) is 11.5 Å². The Bertz CT molecular complexity index is 2230. The average molecular weight is 549 g/mol. The average Bonchev–Trinajstić information content (AvgIpc) is 3.45. The molecule has 2 aliphatic rings. The molecule has 1 aliphatic carbocycles. The van der Waals surface area contributed by atoms with Crippen LogP contribution in [0.5, 0.6) is 5.75 Å². The Balaban J connectivity index is 1.26. The van der Waals surface area contributed by atoms with E-state index < -0.39 is 0 Å². The minimum absolute atomic E-state index is 0.0843. The second-order valence-corrected chi connectivity index (χ2v) is 11.6. The molecular formula is C42H28O. The molecule has 7 aromatic carbocycles. The van der Waals surface area contributed by atoms with Crippen LogP contribution in [0.4, 0.5) is 0 Å². The van der Waals surface area contributed by atoms with E-state index in [0.29, 0.717) is 0 Å². The van der Waals surface area contributed by atoms with Crippen molar-refractivity contribution in [2.24, 2.45) is 0 Å². The van der Waals surface area contributed by atoms with Gasteiger partial charge in [0.25, 0.3) is 0 Å². The molecule has 1 aliphatic heterocycles. The number of ether oxygens (including phenoxy) is 1. The molecule has 202 valence electrons. The second-order valence-electron chi connectivity index (χ2n) is 11.6. The zero-order valence-electron chi connectivity index (χ0n) is 23.6. The van der Waals surface area contributed by atoms with Crippen molar-refractivity contribution in [3.8, 4) is 39.1 Å². The number of hydrogen-bond acceptors (Lipinski definition) is 1. The Kier molecular flexibility index (Phi) is 5.39. The van der Waals surface area contributed by atoms with Gasteiger partial charge in [-0.05, 0) is 96.0 Å². The number of rotatable bonds is 3. The lowest BCUT2D eigenvalue weighted by Crippen LogP contribution is -2.15. The molecule has 0 N–H and O–H groups in total. The summed E-state index contributed by atoms with van der Waals surface area (Å²) >= 11 is 0. The monoisotopic (exact) mass is 548 g/mol. The van der Waals surface area contributed by atoms with Crippen LogP contribution in [0.3, 0.4) is 0 Å². The Morgan fingerprint density at radius 2 is 1.00 bits per heavy atom. The van der Waals surface area contributed by atoms with Crippen LogP contribution in [0.25, 0.3) is 65.7 Å². The lowest BCUT2D eigenvalue weighted by Gasteiger charge is -2.19. The predicted octanol–water partition coefficient (Wildman–Crippen LogP) is 11.1. The summed E-state index contributed by atoms with van der Waals surface area (Å²) in [5.41, 5.74) is 8.75. The van der Waals surface area contributed by atoms with Crippen LogP contribution in [0.15, 0.2) is 158 Å². The molecule has 0 radical (unpaired) electrons. The molecule has 7 aromatic rings. The van der Waals surface area contributed by atoms with E-state index >= 15 is 0 Å². The van der Waals surface area contributed by atoms with E-state index in [9.17, 15) is 0 Å². The highest BCUT2D eigenvalue weighted by molar-refractivity contribution is 6.21. The second kappa shape index (κ2) is 9.58. The Hall–Kier alpha value is -5.40. The van der Waals surface area contributed by atoms with Gasteiger partial charge in [0.15, 0.2) is 0 Å². The smallest absolute Gasteiger partial charge is 0.128 e. The molecule has 1 heterocycles. The third-order valence-corrected chi connectivity index (χ3v) is 9.17. The van der Waals surface area contributed by atoms with E-state index in [1.165, 1.54) is 71.3 Å². The molecule has 0 bridgehead atoms. The van der Waals surface area contributed by atoms with E-state index in [1.54, 1.807) is 0 Å². The quantitative estimate of drug-likeness (QED) is 0.200. The molecular weight excluding hydrogens is 520 g/mol. The predicted molar refractivity (Wildman–Crippen MR) is 181 cm³/mol. The molecule has 43 heavy (non-hydrogen) atoms. The van der Waals surface area contributed by atoms with Gasteiger partial charge < -0.3 is 4.74 Å². The van der Waals surface area contributed by atoms with Crippen molar-refractivity contribution < 1.29 is 4.74 Å². The largest absolute Gasteiger partial charge is 0.485 e. The van der Waals surface area contributed by atoms with Gasteiger partial charge >= 0.3 is 0 Å². The van der Waals surface area contributed by atoms with E-state index in [0.717, 1.165) is 5.75 Å². The molecule has 2 atom stereocenters. The van der Waals surface area contributed by atoms with Crippen molar-refractivity contribution in [3.05, 3.63) is 163 Å². The molecule has 1 unspecified atom stereocenters. The summed E-state index contributed by atoms with van der Waals surface area (Å²) in [7, 11) is 0. The maximum absolute atomic E-state index is 6.29. The number of hydrogen-bond donors (Lipinski definition) is 0. The van der Waals surface area contributed by atoms with E-state index in [4.69, 9.17) is 4.74 Å². The summed E-state index contributed by atoms with van der Waals surface area (Å²) < 4.78 is 6.29. The molecule has 0 amide bonds. The van der Waals surface area contributed by atoms with Crippen molar-refractivity contribution in [2.75, 3.05) is 0 Å². The fraction of sp³-hybridized carbons (Fsp3) is 0.0476. The minimum Gasteiger partial charge on any atom is -0.485 e. The summed E-state index contributed by atoms with van der Waals surface area (Å²) in [6, 6.07) is 48.9. The molecule has 9 rings (SSSR count). The highest BCUT2D eigenvalue weighted by atomic mass is 16.5. The molecule has 1 heteroatoms. The zero-order valence-corrected chi connectivity index (χ0v) is 23.6. The fourth-order valence-corrected chi connectivity index (χ4v) is 7.17. The van der Waals surface area contributed by atoms with E-state index in [-0.39, 0.29) is 12.0 Å². The van der Waals surface area contributed by atoms with Crippen LogP contribution in [-0.2, 0) is 0 Å². The first-order valence-corrected chi connectivity index (χ1v) is 15.0. The van der Waals surface area contributed by atoms with Crippen molar-refractivity contribution in [2.45, 2.75) is 12.0 Å². The fourth-order valence-electron chi connectivity index (χ4n) is 7.17. The normalized spacial score (nSPS) is 16.8. The van der Waals surface area contributed by atoms with Crippen molar-refractivity contribution in [1.82, 2.24) is 0 Å². The van der Waals surface area contributed by atoms with Gasteiger partial charge in [-0.15, -0.1) is 0 Å². The Morgan fingerprint density at radius 3 is 1.74 bits per heavy atom. The summed E-state index contributed by atoms with van der Waals surface area (Å²) in [6.45, 7) is 0.